The Hall–Kier alpha value is -1.39. The molecule has 0 saturated heterocycles. The lowest BCUT2D eigenvalue weighted by Gasteiger charge is -2.01. The van der Waals surface area contributed by atoms with Crippen molar-refractivity contribution >= 4 is 11.6 Å². The van der Waals surface area contributed by atoms with Gasteiger partial charge in [0.1, 0.15) is 5.82 Å². The van der Waals surface area contributed by atoms with Crippen LogP contribution in [-0.2, 0) is 13.5 Å². The molecule has 0 spiro atoms. The fraction of sp³-hybridized carbons (Fsp3) is 0.308. The Morgan fingerprint density at radius 2 is 2.17 bits per heavy atom. The molecule has 0 fully saturated rings. The van der Waals surface area contributed by atoms with Crippen molar-refractivity contribution in [3.05, 3.63) is 40.3 Å². The van der Waals surface area contributed by atoms with Crippen LogP contribution in [0.15, 0.2) is 18.2 Å². The zero-order valence-electron chi connectivity index (χ0n) is 10.4. The number of nitrogens with zero attached hydrogens (tertiary/aromatic N) is 2. The molecule has 1 aromatic heterocycles. The van der Waals surface area contributed by atoms with Gasteiger partial charge in [0.05, 0.1) is 10.7 Å². The van der Waals surface area contributed by atoms with Gasteiger partial charge in [-0.15, -0.1) is 0 Å². The molecule has 0 aliphatic heterocycles. The molecular weight excluding hydrogens is 253 g/mol. The molecule has 0 saturated carbocycles. The van der Waals surface area contributed by atoms with Crippen LogP contribution in [0.25, 0.3) is 11.3 Å². The van der Waals surface area contributed by atoms with E-state index in [4.69, 9.17) is 17.3 Å². The molecule has 0 amide bonds. The smallest absolute Gasteiger partial charge is 0.141 e. The summed E-state index contributed by atoms with van der Waals surface area (Å²) in [4.78, 5) is 0. The topological polar surface area (TPSA) is 43.8 Å². The van der Waals surface area contributed by atoms with E-state index >= 15 is 0 Å². The fourth-order valence-corrected chi connectivity index (χ4v) is 2.25. The normalized spacial score (nSPS) is 10.9. The van der Waals surface area contributed by atoms with E-state index in [0.717, 1.165) is 28.9 Å². The van der Waals surface area contributed by atoms with Gasteiger partial charge in [0.2, 0.25) is 0 Å². The molecule has 0 bridgehead atoms. The Bertz CT molecular complexity index is 578. The molecule has 2 N–H and O–H groups in total. The Morgan fingerprint density at radius 3 is 2.78 bits per heavy atom. The van der Waals surface area contributed by atoms with Crippen molar-refractivity contribution < 1.29 is 4.39 Å². The summed E-state index contributed by atoms with van der Waals surface area (Å²) in [5.74, 6) is -0.420. The quantitative estimate of drug-likeness (QED) is 0.929. The minimum atomic E-state index is -0.420. The van der Waals surface area contributed by atoms with E-state index in [0.29, 0.717) is 6.54 Å². The molecule has 2 rings (SSSR count). The van der Waals surface area contributed by atoms with Crippen molar-refractivity contribution in [2.75, 3.05) is 6.54 Å². The van der Waals surface area contributed by atoms with Crippen molar-refractivity contribution in [3.8, 4) is 11.3 Å². The molecule has 0 aliphatic rings. The predicted molar refractivity (Wildman–Crippen MR) is 71.1 cm³/mol. The van der Waals surface area contributed by atoms with E-state index in [2.05, 4.69) is 5.10 Å². The summed E-state index contributed by atoms with van der Waals surface area (Å²) in [6.07, 6.45) is 0.768. The van der Waals surface area contributed by atoms with Crippen LogP contribution in [0.3, 0.4) is 0 Å². The van der Waals surface area contributed by atoms with Gasteiger partial charge >= 0.3 is 0 Å². The van der Waals surface area contributed by atoms with Crippen molar-refractivity contribution in [1.82, 2.24) is 9.78 Å². The van der Waals surface area contributed by atoms with Crippen LogP contribution in [0, 0.1) is 12.7 Å². The van der Waals surface area contributed by atoms with Gasteiger partial charge < -0.3 is 5.73 Å². The number of hydrogen-bond donors (Lipinski definition) is 1. The molecule has 0 unspecified atom stereocenters. The Balaban J connectivity index is 2.50. The van der Waals surface area contributed by atoms with Gasteiger partial charge in [0.25, 0.3) is 0 Å². The van der Waals surface area contributed by atoms with Gasteiger partial charge in [-0.1, -0.05) is 11.6 Å². The number of rotatable bonds is 3. The van der Waals surface area contributed by atoms with Gasteiger partial charge in [-0.2, -0.15) is 5.10 Å². The highest BCUT2D eigenvalue weighted by Gasteiger charge is 2.14. The summed E-state index contributed by atoms with van der Waals surface area (Å²) in [6, 6.07) is 4.63. The molecule has 0 radical (unpaired) electrons. The van der Waals surface area contributed by atoms with Crippen molar-refractivity contribution in [1.29, 1.82) is 0 Å². The lowest BCUT2D eigenvalue weighted by molar-refractivity contribution is 0.628. The molecule has 18 heavy (non-hydrogen) atoms. The largest absolute Gasteiger partial charge is 0.330 e. The lowest BCUT2D eigenvalue weighted by Crippen LogP contribution is -2.08. The zero-order valence-corrected chi connectivity index (χ0v) is 11.1. The molecule has 2 aromatic rings. The van der Waals surface area contributed by atoms with Crippen molar-refractivity contribution in [3.63, 3.8) is 0 Å². The molecule has 1 aromatic carbocycles. The Labute approximate surface area is 110 Å². The number of aromatic nitrogens is 2. The highest BCUT2D eigenvalue weighted by atomic mass is 35.5. The third-order valence-electron chi connectivity index (χ3n) is 3.00. The maximum Gasteiger partial charge on any atom is 0.141 e. The highest BCUT2D eigenvalue weighted by Crippen LogP contribution is 2.28. The van der Waals surface area contributed by atoms with Crippen LogP contribution in [0.1, 0.15) is 11.3 Å². The Kier molecular flexibility index (Phi) is 3.68. The van der Waals surface area contributed by atoms with E-state index in [1.165, 1.54) is 6.07 Å². The standard InChI is InChI=1S/C13H15ClFN3/c1-8-12(5-6-16)18(2)17-13(8)9-3-4-11(15)10(14)7-9/h3-4,7H,5-6,16H2,1-2H3. The van der Waals surface area contributed by atoms with Crippen molar-refractivity contribution in [2.45, 2.75) is 13.3 Å². The molecule has 1 heterocycles. The fourth-order valence-electron chi connectivity index (χ4n) is 2.07. The van der Waals surface area contributed by atoms with E-state index in [-0.39, 0.29) is 5.02 Å². The van der Waals surface area contributed by atoms with Gasteiger partial charge in [0, 0.05) is 24.7 Å². The van der Waals surface area contributed by atoms with Gasteiger partial charge in [0.15, 0.2) is 0 Å². The predicted octanol–water partition coefficient (Wildman–Crippen LogP) is 2.69. The average Bonchev–Trinajstić information content (AvgIpc) is 2.61. The third kappa shape index (κ3) is 2.26. The van der Waals surface area contributed by atoms with Crippen LogP contribution < -0.4 is 5.73 Å². The molecular formula is C13H15ClFN3. The molecule has 0 aliphatic carbocycles. The second-order valence-corrected chi connectivity index (χ2v) is 4.62. The van der Waals surface area contributed by atoms with E-state index in [9.17, 15) is 4.39 Å². The summed E-state index contributed by atoms with van der Waals surface area (Å²) in [7, 11) is 1.88. The summed E-state index contributed by atoms with van der Waals surface area (Å²) in [5.41, 5.74) is 9.37. The van der Waals surface area contributed by atoms with Crippen molar-refractivity contribution in [2.24, 2.45) is 12.8 Å². The number of hydrogen-bond acceptors (Lipinski definition) is 2. The van der Waals surface area contributed by atoms with Gasteiger partial charge in [-0.3, -0.25) is 4.68 Å². The first-order valence-corrected chi connectivity index (χ1v) is 6.10. The molecule has 3 nitrogen and oxygen atoms in total. The second kappa shape index (κ2) is 5.08. The number of benzene rings is 1. The van der Waals surface area contributed by atoms with Crippen LogP contribution in [-0.4, -0.2) is 16.3 Å². The van der Waals surface area contributed by atoms with Crippen LogP contribution in [0.4, 0.5) is 4.39 Å². The number of aryl methyl sites for hydroxylation is 1. The average molecular weight is 268 g/mol. The van der Waals surface area contributed by atoms with E-state index in [1.54, 1.807) is 12.1 Å². The first-order chi connectivity index (χ1) is 8.54. The minimum absolute atomic E-state index is 0.109. The minimum Gasteiger partial charge on any atom is -0.330 e. The summed E-state index contributed by atoms with van der Waals surface area (Å²) in [5, 5.41) is 4.56. The molecule has 0 atom stereocenters. The first-order valence-electron chi connectivity index (χ1n) is 5.72. The Morgan fingerprint density at radius 1 is 1.44 bits per heavy atom. The van der Waals surface area contributed by atoms with Crippen LogP contribution >= 0.6 is 11.6 Å². The summed E-state index contributed by atoms with van der Waals surface area (Å²) in [6.45, 7) is 2.56. The maximum absolute atomic E-state index is 13.1. The molecule has 96 valence electrons. The van der Waals surface area contributed by atoms with E-state index < -0.39 is 5.82 Å². The second-order valence-electron chi connectivity index (χ2n) is 4.21. The third-order valence-corrected chi connectivity index (χ3v) is 3.29. The van der Waals surface area contributed by atoms with Crippen LogP contribution in [0.2, 0.25) is 5.02 Å². The zero-order chi connectivity index (χ0) is 13.3. The SMILES string of the molecule is Cc1c(-c2ccc(F)c(Cl)c2)nn(C)c1CCN. The van der Waals surface area contributed by atoms with E-state index in [1.807, 2.05) is 18.7 Å². The van der Waals surface area contributed by atoms with Gasteiger partial charge in [-0.25, -0.2) is 4.39 Å². The van der Waals surface area contributed by atoms with Crippen LogP contribution in [0.5, 0.6) is 0 Å². The molecule has 5 heteroatoms. The monoisotopic (exact) mass is 267 g/mol. The first kappa shape index (κ1) is 13.1. The highest BCUT2D eigenvalue weighted by molar-refractivity contribution is 6.31. The number of halogens is 2. The summed E-state index contributed by atoms with van der Waals surface area (Å²) < 4.78 is 15.0. The maximum atomic E-state index is 13.1. The lowest BCUT2D eigenvalue weighted by atomic mass is 10.1. The number of nitrogens with two attached hydrogens (primary N) is 1. The van der Waals surface area contributed by atoms with Gasteiger partial charge in [-0.05, 0) is 37.2 Å². The summed E-state index contributed by atoms with van der Waals surface area (Å²) >= 11 is 5.79.